The van der Waals surface area contributed by atoms with E-state index in [-0.39, 0.29) is 0 Å². The average molecular weight is 224 g/mol. The number of hydrogen-bond acceptors (Lipinski definition) is 1. The number of ether oxygens (including phenoxy) is 1. The van der Waals surface area contributed by atoms with Crippen LogP contribution in [0.25, 0.3) is 0 Å². The average Bonchev–Trinajstić information content (AvgIpc) is 2.35. The molecular weight excluding hydrogens is 196 g/mol. The first kappa shape index (κ1) is 13.6. The molecule has 0 bridgehead atoms. The topological polar surface area (TPSA) is 9.23 Å². The van der Waals surface area contributed by atoms with Gasteiger partial charge in [-0.15, -0.1) is 0 Å². The van der Waals surface area contributed by atoms with Crippen molar-refractivity contribution in [3.05, 3.63) is 12.3 Å². The molecule has 0 aromatic heterocycles. The monoisotopic (exact) mass is 224 g/mol. The molecule has 0 amide bonds. The van der Waals surface area contributed by atoms with Gasteiger partial charge in [0, 0.05) is 0 Å². The van der Waals surface area contributed by atoms with Crippen molar-refractivity contribution in [1.82, 2.24) is 0 Å². The Kier molecular flexibility index (Phi) is 7.37. The molecule has 1 aliphatic rings. The third kappa shape index (κ3) is 5.05. The summed E-state index contributed by atoms with van der Waals surface area (Å²) < 4.78 is 5.90. The minimum atomic E-state index is 0.471. The van der Waals surface area contributed by atoms with Crippen molar-refractivity contribution in [2.24, 2.45) is 5.92 Å². The SMILES string of the molecule is CCCCC=COC(CC)C1CCCCC1. The maximum absolute atomic E-state index is 5.90. The van der Waals surface area contributed by atoms with Crippen LogP contribution in [0.1, 0.15) is 71.6 Å². The third-order valence-corrected chi connectivity index (χ3v) is 3.65. The molecule has 0 heterocycles. The van der Waals surface area contributed by atoms with Gasteiger partial charge in [-0.25, -0.2) is 0 Å². The van der Waals surface area contributed by atoms with Crippen molar-refractivity contribution >= 4 is 0 Å². The van der Waals surface area contributed by atoms with E-state index < -0.39 is 0 Å². The van der Waals surface area contributed by atoms with Crippen LogP contribution < -0.4 is 0 Å². The Morgan fingerprint density at radius 3 is 2.56 bits per heavy atom. The van der Waals surface area contributed by atoms with Gasteiger partial charge >= 0.3 is 0 Å². The molecule has 1 atom stereocenters. The van der Waals surface area contributed by atoms with E-state index in [1.807, 2.05) is 6.26 Å². The summed E-state index contributed by atoms with van der Waals surface area (Å²) in [4.78, 5) is 0. The van der Waals surface area contributed by atoms with Gasteiger partial charge in [0.1, 0.15) is 6.10 Å². The van der Waals surface area contributed by atoms with E-state index in [4.69, 9.17) is 4.74 Å². The van der Waals surface area contributed by atoms with Crippen LogP contribution in [0.4, 0.5) is 0 Å². The first-order valence-electron chi connectivity index (χ1n) is 7.19. The maximum Gasteiger partial charge on any atom is 0.100 e. The molecule has 0 radical (unpaired) electrons. The summed E-state index contributed by atoms with van der Waals surface area (Å²) in [6, 6.07) is 0. The smallest absolute Gasteiger partial charge is 0.100 e. The fourth-order valence-corrected chi connectivity index (χ4v) is 2.59. The normalized spacial score (nSPS) is 20.1. The first-order valence-corrected chi connectivity index (χ1v) is 7.19. The van der Waals surface area contributed by atoms with Gasteiger partial charge in [-0.1, -0.05) is 39.5 Å². The maximum atomic E-state index is 5.90. The molecule has 1 fully saturated rings. The van der Waals surface area contributed by atoms with Gasteiger partial charge in [0.25, 0.3) is 0 Å². The molecule has 0 aromatic rings. The minimum absolute atomic E-state index is 0.471. The Bertz CT molecular complexity index is 180. The second-order valence-electron chi connectivity index (χ2n) is 4.99. The van der Waals surface area contributed by atoms with Gasteiger partial charge in [-0.2, -0.15) is 0 Å². The summed E-state index contributed by atoms with van der Waals surface area (Å²) in [6.07, 6.45) is 16.5. The van der Waals surface area contributed by atoms with E-state index >= 15 is 0 Å². The van der Waals surface area contributed by atoms with Crippen LogP contribution in [0.15, 0.2) is 12.3 Å². The predicted octanol–water partition coefficient (Wildman–Crippen LogP) is 5.07. The molecule has 94 valence electrons. The Morgan fingerprint density at radius 2 is 1.94 bits per heavy atom. The van der Waals surface area contributed by atoms with Gasteiger partial charge in [-0.05, 0) is 44.1 Å². The van der Waals surface area contributed by atoms with Crippen LogP contribution in [0.3, 0.4) is 0 Å². The quantitative estimate of drug-likeness (QED) is 0.433. The van der Waals surface area contributed by atoms with E-state index in [9.17, 15) is 0 Å². The lowest BCUT2D eigenvalue weighted by atomic mass is 9.84. The Balaban J connectivity index is 2.22. The number of unbranched alkanes of at least 4 members (excludes halogenated alkanes) is 2. The molecule has 0 saturated heterocycles. The Labute approximate surface area is 101 Å². The second kappa shape index (κ2) is 8.66. The fraction of sp³-hybridized carbons (Fsp3) is 0.867. The molecule has 1 saturated carbocycles. The standard InChI is InChI=1S/C15H28O/c1-3-5-6-10-13-16-15(4-2)14-11-8-7-9-12-14/h10,13-15H,3-9,11-12H2,1-2H3. The molecule has 16 heavy (non-hydrogen) atoms. The molecular formula is C15H28O. The van der Waals surface area contributed by atoms with Crippen molar-refractivity contribution < 1.29 is 4.74 Å². The molecule has 1 unspecified atom stereocenters. The third-order valence-electron chi connectivity index (χ3n) is 3.65. The van der Waals surface area contributed by atoms with Crippen LogP contribution in [-0.2, 0) is 4.74 Å². The predicted molar refractivity (Wildman–Crippen MR) is 70.4 cm³/mol. The van der Waals surface area contributed by atoms with Crippen molar-refractivity contribution in [1.29, 1.82) is 0 Å². The molecule has 1 nitrogen and oxygen atoms in total. The Hall–Kier alpha value is -0.460. The highest BCUT2D eigenvalue weighted by Crippen LogP contribution is 2.29. The van der Waals surface area contributed by atoms with Crippen molar-refractivity contribution in [2.45, 2.75) is 77.7 Å². The minimum Gasteiger partial charge on any atom is -0.498 e. The zero-order valence-corrected chi connectivity index (χ0v) is 11.1. The largest absolute Gasteiger partial charge is 0.498 e. The summed E-state index contributed by atoms with van der Waals surface area (Å²) in [5.74, 6) is 0.814. The van der Waals surface area contributed by atoms with E-state index in [0.29, 0.717) is 6.10 Å². The van der Waals surface area contributed by atoms with E-state index in [0.717, 1.165) is 18.8 Å². The molecule has 1 aliphatic carbocycles. The van der Waals surface area contributed by atoms with Gasteiger partial charge in [0.05, 0.1) is 6.26 Å². The lowest BCUT2D eigenvalue weighted by Gasteiger charge is -2.28. The highest BCUT2D eigenvalue weighted by atomic mass is 16.5. The highest BCUT2D eigenvalue weighted by Gasteiger charge is 2.22. The van der Waals surface area contributed by atoms with Gasteiger partial charge in [-0.3, -0.25) is 0 Å². The molecule has 1 rings (SSSR count). The summed E-state index contributed by atoms with van der Waals surface area (Å²) in [5, 5.41) is 0. The fourth-order valence-electron chi connectivity index (χ4n) is 2.59. The zero-order valence-electron chi connectivity index (χ0n) is 11.1. The lowest BCUT2D eigenvalue weighted by Crippen LogP contribution is -2.23. The lowest BCUT2D eigenvalue weighted by molar-refractivity contribution is 0.0630. The van der Waals surface area contributed by atoms with Crippen LogP contribution >= 0.6 is 0 Å². The summed E-state index contributed by atoms with van der Waals surface area (Å²) in [5.41, 5.74) is 0. The number of allylic oxidation sites excluding steroid dienone is 1. The molecule has 0 aliphatic heterocycles. The van der Waals surface area contributed by atoms with Crippen LogP contribution in [0.2, 0.25) is 0 Å². The Morgan fingerprint density at radius 1 is 1.19 bits per heavy atom. The number of hydrogen-bond donors (Lipinski definition) is 0. The second-order valence-corrected chi connectivity index (χ2v) is 4.99. The van der Waals surface area contributed by atoms with Crippen molar-refractivity contribution in [2.75, 3.05) is 0 Å². The molecule has 0 spiro atoms. The summed E-state index contributed by atoms with van der Waals surface area (Å²) in [7, 11) is 0. The summed E-state index contributed by atoms with van der Waals surface area (Å²) >= 11 is 0. The van der Waals surface area contributed by atoms with E-state index in [1.54, 1.807) is 0 Å². The molecule has 1 heteroatoms. The van der Waals surface area contributed by atoms with Crippen LogP contribution in [-0.4, -0.2) is 6.10 Å². The molecule has 0 N–H and O–H groups in total. The highest BCUT2D eigenvalue weighted by molar-refractivity contribution is 4.79. The van der Waals surface area contributed by atoms with Crippen molar-refractivity contribution in [3.8, 4) is 0 Å². The number of rotatable bonds is 7. The zero-order chi connectivity index (χ0) is 11.6. The molecule has 0 aromatic carbocycles. The van der Waals surface area contributed by atoms with Crippen LogP contribution in [0, 0.1) is 5.92 Å². The van der Waals surface area contributed by atoms with E-state index in [1.165, 1.54) is 44.9 Å². The van der Waals surface area contributed by atoms with E-state index in [2.05, 4.69) is 19.9 Å². The van der Waals surface area contributed by atoms with Gasteiger partial charge in [0.15, 0.2) is 0 Å². The van der Waals surface area contributed by atoms with Gasteiger partial charge in [0.2, 0.25) is 0 Å². The first-order chi connectivity index (χ1) is 7.88. The van der Waals surface area contributed by atoms with Crippen LogP contribution in [0.5, 0.6) is 0 Å². The summed E-state index contributed by atoms with van der Waals surface area (Å²) in [6.45, 7) is 4.48. The van der Waals surface area contributed by atoms with Gasteiger partial charge < -0.3 is 4.74 Å². The van der Waals surface area contributed by atoms with Crippen molar-refractivity contribution in [3.63, 3.8) is 0 Å².